The molecule has 4 rings (SSSR count). The second-order valence-electron chi connectivity index (χ2n) is 9.72. The number of rotatable bonds is 13. The summed E-state index contributed by atoms with van der Waals surface area (Å²) in [7, 11) is 0. The summed E-state index contributed by atoms with van der Waals surface area (Å²) >= 11 is 0. The number of amides is 2. The minimum Gasteiger partial charge on any atom is -0.480 e. The van der Waals surface area contributed by atoms with Gasteiger partial charge in [-0.3, -0.25) is 24.3 Å². The topological polar surface area (TPSA) is 201 Å². The van der Waals surface area contributed by atoms with Gasteiger partial charge in [0.2, 0.25) is 5.91 Å². The van der Waals surface area contributed by atoms with Gasteiger partial charge in [-0.05, 0) is 41.4 Å². The van der Waals surface area contributed by atoms with Crippen molar-refractivity contribution in [1.82, 2.24) is 15.4 Å². The van der Waals surface area contributed by atoms with E-state index in [0.717, 1.165) is 16.7 Å². The van der Waals surface area contributed by atoms with Crippen LogP contribution in [-0.2, 0) is 38.5 Å². The number of nitrogens with two attached hydrogens (primary N) is 1. The molecule has 14 heteroatoms. The maximum atomic E-state index is 13.5. The van der Waals surface area contributed by atoms with Crippen LogP contribution in [0, 0.1) is 5.21 Å². The van der Waals surface area contributed by atoms with E-state index in [0.29, 0.717) is 6.42 Å². The minimum atomic E-state index is -1.11. The zero-order chi connectivity index (χ0) is 30.2. The van der Waals surface area contributed by atoms with Crippen LogP contribution in [0.1, 0.15) is 40.5 Å². The van der Waals surface area contributed by atoms with E-state index in [1.807, 2.05) is 54.6 Å². The van der Waals surface area contributed by atoms with E-state index in [2.05, 4.69) is 15.1 Å². The molecule has 222 valence electrons. The molecular weight excluding hydrogens is 550 g/mol. The number of aliphatic carboxylic acids is 1. The standard InChI is InChI=1S/C28H31N5O9/c1-17(26(35)32-16-20-10-6-5-9-19(20)15-22(32)27(36)37)30-21(12-11-18-7-3-2-4-8-18)28(38)41-14-13-40-25-23(24(29)34)33(39)42-31-25/h2-10,17,21-22,30H,11-16H2,1H3,(H2,29,34)(H,36,37)/t17-,21-,22-/m0/s1. The Bertz CT molecular complexity index is 1430. The fraction of sp³-hybridized carbons (Fsp3) is 0.357. The number of hydrogen-bond donors (Lipinski definition) is 3. The summed E-state index contributed by atoms with van der Waals surface area (Å²) < 4.78 is 14.8. The van der Waals surface area contributed by atoms with Crippen LogP contribution in [0.5, 0.6) is 5.88 Å². The zero-order valence-corrected chi connectivity index (χ0v) is 22.8. The van der Waals surface area contributed by atoms with Crippen molar-refractivity contribution in [3.63, 3.8) is 0 Å². The molecule has 0 saturated heterocycles. The Morgan fingerprint density at radius 3 is 2.52 bits per heavy atom. The largest absolute Gasteiger partial charge is 0.480 e. The van der Waals surface area contributed by atoms with Gasteiger partial charge >= 0.3 is 29.4 Å². The third-order valence-electron chi connectivity index (χ3n) is 6.87. The van der Waals surface area contributed by atoms with E-state index in [1.54, 1.807) is 6.92 Å². The van der Waals surface area contributed by atoms with Crippen LogP contribution >= 0.6 is 0 Å². The third-order valence-corrected chi connectivity index (χ3v) is 6.87. The number of hydrogen-bond acceptors (Lipinski definition) is 10. The van der Waals surface area contributed by atoms with Crippen molar-refractivity contribution in [2.75, 3.05) is 13.2 Å². The van der Waals surface area contributed by atoms with Crippen molar-refractivity contribution in [3.05, 3.63) is 82.2 Å². The monoisotopic (exact) mass is 581 g/mol. The van der Waals surface area contributed by atoms with Crippen LogP contribution in [-0.4, -0.2) is 70.3 Å². The lowest BCUT2D eigenvalue weighted by Gasteiger charge is -2.36. The molecule has 0 unspecified atom stereocenters. The predicted molar refractivity (Wildman–Crippen MR) is 144 cm³/mol. The fourth-order valence-electron chi connectivity index (χ4n) is 4.73. The van der Waals surface area contributed by atoms with Gasteiger partial charge in [-0.2, -0.15) is 0 Å². The molecule has 2 heterocycles. The lowest BCUT2D eigenvalue weighted by molar-refractivity contribution is -0.803. The van der Waals surface area contributed by atoms with Crippen LogP contribution in [0.4, 0.5) is 0 Å². The molecule has 0 bridgehead atoms. The number of esters is 1. The third kappa shape index (κ3) is 7.20. The second-order valence-corrected chi connectivity index (χ2v) is 9.72. The first-order chi connectivity index (χ1) is 20.2. The Balaban J connectivity index is 1.41. The molecule has 0 radical (unpaired) electrons. The Morgan fingerprint density at radius 1 is 1.14 bits per heavy atom. The molecule has 3 atom stereocenters. The Morgan fingerprint density at radius 2 is 1.83 bits per heavy atom. The second kappa shape index (κ2) is 13.6. The number of carbonyl (C=O) groups is 4. The number of benzene rings is 2. The van der Waals surface area contributed by atoms with Crippen LogP contribution in [0.15, 0.2) is 59.2 Å². The summed E-state index contributed by atoms with van der Waals surface area (Å²) in [5.74, 6) is -3.80. The number of primary amides is 1. The molecule has 0 saturated carbocycles. The summed E-state index contributed by atoms with van der Waals surface area (Å²) in [4.78, 5) is 51.2. The molecule has 0 aliphatic carbocycles. The minimum absolute atomic E-state index is 0.132. The molecular formula is C28H31N5O9. The van der Waals surface area contributed by atoms with Gasteiger partial charge in [0.05, 0.1) is 11.2 Å². The van der Waals surface area contributed by atoms with Crippen LogP contribution in [0.3, 0.4) is 0 Å². The van der Waals surface area contributed by atoms with Crippen molar-refractivity contribution in [2.24, 2.45) is 5.73 Å². The highest BCUT2D eigenvalue weighted by atomic mass is 16.8. The van der Waals surface area contributed by atoms with E-state index >= 15 is 0 Å². The first kappa shape index (κ1) is 30.0. The number of carbonyl (C=O) groups excluding carboxylic acids is 3. The van der Waals surface area contributed by atoms with Gasteiger partial charge < -0.3 is 30.4 Å². The number of aromatic nitrogens is 2. The van der Waals surface area contributed by atoms with Crippen LogP contribution in [0.25, 0.3) is 0 Å². The fourth-order valence-corrected chi connectivity index (χ4v) is 4.73. The molecule has 0 fully saturated rings. The van der Waals surface area contributed by atoms with Gasteiger partial charge in [-0.1, -0.05) is 54.6 Å². The summed E-state index contributed by atoms with van der Waals surface area (Å²) in [6.07, 6.45) is 0.945. The van der Waals surface area contributed by atoms with Crippen molar-refractivity contribution < 1.29 is 43.3 Å². The number of aryl methyl sites for hydroxylation is 1. The number of ether oxygens (including phenoxy) is 2. The van der Waals surface area contributed by atoms with Gasteiger partial charge in [-0.15, -0.1) is 0 Å². The van der Waals surface area contributed by atoms with Gasteiger partial charge in [0, 0.05) is 13.0 Å². The summed E-state index contributed by atoms with van der Waals surface area (Å²) in [6.45, 7) is 1.15. The number of carboxylic acids is 1. The van der Waals surface area contributed by atoms with Crippen molar-refractivity contribution in [2.45, 2.75) is 50.9 Å². The molecule has 2 amide bonds. The van der Waals surface area contributed by atoms with E-state index in [-0.39, 0.29) is 37.5 Å². The van der Waals surface area contributed by atoms with Crippen molar-refractivity contribution >= 4 is 23.8 Å². The molecule has 1 aromatic heterocycles. The van der Waals surface area contributed by atoms with Crippen LogP contribution in [0.2, 0.25) is 0 Å². The Kier molecular flexibility index (Phi) is 9.70. The average Bonchev–Trinajstić information content (AvgIpc) is 3.36. The van der Waals surface area contributed by atoms with Gasteiger partial charge in [0.15, 0.2) is 0 Å². The zero-order valence-electron chi connectivity index (χ0n) is 22.8. The van der Waals surface area contributed by atoms with Gasteiger partial charge in [0.25, 0.3) is 0 Å². The van der Waals surface area contributed by atoms with E-state index < -0.39 is 53.5 Å². The molecule has 3 aromatic rings. The summed E-state index contributed by atoms with van der Waals surface area (Å²) in [5.41, 5.74) is 7.19. The van der Waals surface area contributed by atoms with Crippen molar-refractivity contribution in [3.8, 4) is 5.88 Å². The average molecular weight is 582 g/mol. The highest BCUT2D eigenvalue weighted by molar-refractivity contribution is 5.91. The maximum absolute atomic E-state index is 13.5. The van der Waals surface area contributed by atoms with Crippen molar-refractivity contribution in [1.29, 1.82) is 0 Å². The number of carboxylic acid groups (broad SMARTS) is 1. The quantitative estimate of drug-likeness (QED) is 0.143. The molecule has 1 aliphatic rings. The SMILES string of the molecule is C[C@H](N[C@@H](CCc1ccccc1)C(=O)OCCOc1no[n+]([O-])c1C(N)=O)C(=O)N1Cc2ccccc2C[C@H]1C(=O)O. The molecule has 2 aromatic carbocycles. The Labute approximate surface area is 240 Å². The highest BCUT2D eigenvalue weighted by Gasteiger charge is 2.37. The summed E-state index contributed by atoms with van der Waals surface area (Å²) in [5, 5.41) is 27.6. The summed E-state index contributed by atoms with van der Waals surface area (Å²) in [6, 6.07) is 13.9. The molecule has 1 aliphatic heterocycles. The maximum Gasteiger partial charge on any atom is 0.408 e. The number of nitrogens with zero attached hydrogens (tertiary/aromatic N) is 3. The molecule has 42 heavy (non-hydrogen) atoms. The van der Waals surface area contributed by atoms with Gasteiger partial charge in [-0.25, -0.2) is 4.79 Å². The van der Waals surface area contributed by atoms with Crippen LogP contribution < -0.4 is 20.7 Å². The lowest BCUT2D eigenvalue weighted by atomic mass is 9.93. The highest BCUT2D eigenvalue weighted by Crippen LogP contribution is 2.24. The Hall–Kier alpha value is -4.98. The number of fused-ring (bicyclic) bond motifs is 1. The molecule has 14 nitrogen and oxygen atoms in total. The van der Waals surface area contributed by atoms with E-state index in [4.69, 9.17) is 15.2 Å². The first-order valence-corrected chi connectivity index (χ1v) is 13.2. The molecule has 0 spiro atoms. The number of nitrogens with one attached hydrogen (secondary N) is 1. The normalized spacial score (nSPS) is 15.7. The van der Waals surface area contributed by atoms with E-state index in [9.17, 15) is 29.5 Å². The first-order valence-electron chi connectivity index (χ1n) is 13.2. The predicted octanol–water partition coefficient (Wildman–Crippen LogP) is 0.347. The molecule has 4 N–H and O–H groups in total. The lowest BCUT2D eigenvalue weighted by Crippen LogP contribution is -2.56. The van der Waals surface area contributed by atoms with Gasteiger partial charge in [0.1, 0.15) is 25.3 Å². The smallest absolute Gasteiger partial charge is 0.408 e. The van der Waals surface area contributed by atoms with E-state index in [1.165, 1.54) is 4.90 Å².